The van der Waals surface area contributed by atoms with Gasteiger partial charge in [0.15, 0.2) is 5.76 Å². The maximum Gasteiger partial charge on any atom is 0.243 e. The average Bonchev–Trinajstić information content (AvgIpc) is 3.24. The maximum absolute atomic E-state index is 12.5. The third-order valence-electron chi connectivity index (χ3n) is 4.71. The lowest BCUT2D eigenvalue weighted by Crippen LogP contribution is -2.43. The third kappa shape index (κ3) is 6.16. The van der Waals surface area contributed by atoms with Crippen molar-refractivity contribution in [2.45, 2.75) is 32.4 Å². The van der Waals surface area contributed by atoms with Gasteiger partial charge in [-0.15, -0.1) is 0 Å². The molecule has 3 aromatic rings. The van der Waals surface area contributed by atoms with Crippen LogP contribution in [0, 0.1) is 0 Å². The van der Waals surface area contributed by atoms with E-state index in [0.29, 0.717) is 17.3 Å². The van der Waals surface area contributed by atoms with Crippen molar-refractivity contribution >= 4 is 17.3 Å². The number of hydrogen-bond donors (Lipinski definition) is 3. The molecule has 0 aliphatic rings. The summed E-state index contributed by atoms with van der Waals surface area (Å²) in [6.45, 7) is 6.17. The topological polar surface area (TPSA) is 88.4 Å². The molecule has 1 amide bonds. The van der Waals surface area contributed by atoms with Crippen LogP contribution < -0.4 is 16.0 Å². The smallest absolute Gasteiger partial charge is 0.243 e. The van der Waals surface area contributed by atoms with Crippen molar-refractivity contribution in [3.05, 3.63) is 54.7 Å². The Labute approximate surface area is 183 Å². The number of carbonyl (C=O) groups excluding carboxylic acids is 1. The van der Waals surface area contributed by atoms with Crippen LogP contribution >= 0.6 is 0 Å². The molecule has 0 radical (unpaired) electrons. The van der Waals surface area contributed by atoms with Crippen molar-refractivity contribution in [3.8, 4) is 22.8 Å². The lowest BCUT2D eigenvalue weighted by Gasteiger charge is -2.23. The summed E-state index contributed by atoms with van der Waals surface area (Å²) in [6, 6.07) is 14.9. The van der Waals surface area contributed by atoms with E-state index in [1.807, 2.05) is 76.3 Å². The van der Waals surface area contributed by atoms with E-state index in [4.69, 9.17) is 9.15 Å². The van der Waals surface area contributed by atoms with Gasteiger partial charge in [-0.1, -0.05) is 0 Å². The first-order chi connectivity index (χ1) is 14.8. The van der Waals surface area contributed by atoms with Crippen molar-refractivity contribution < 1.29 is 13.9 Å². The highest BCUT2D eigenvalue weighted by Crippen LogP contribution is 2.27. The fourth-order valence-corrected chi connectivity index (χ4v) is 2.89. The van der Waals surface area contributed by atoms with Crippen molar-refractivity contribution in [2.75, 3.05) is 31.3 Å². The molecule has 0 saturated heterocycles. The monoisotopic (exact) mass is 422 g/mol. The largest absolute Gasteiger partial charge is 0.436 e. The fourth-order valence-electron chi connectivity index (χ4n) is 2.89. The highest BCUT2D eigenvalue weighted by molar-refractivity contribution is 5.95. The predicted octanol–water partition coefficient (Wildman–Crippen LogP) is 4.39. The van der Waals surface area contributed by atoms with Gasteiger partial charge in [0.1, 0.15) is 6.04 Å². The minimum atomic E-state index is -0.442. The van der Waals surface area contributed by atoms with Crippen LogP contribution in [0.3, 0.4) is 0 Å². The van der Waals surface area contributed by atoms with Crippen LogP contribution in [0.2, 0.25) is 0 Å². The van der Waals surface area contributed by atoms with Crippen LogP contribution in [0.25, 0.3) is 22.8 Å². The predicted molar refractivity (Wildman–Crippen MR) is 124 cm³/mol. The van der Waals surface area contributed by atoms with Crippen LogP contribution in [0.4, 0.5) is 11.4 Å². The van der Waals surface area contributed by atoms with Gasteiger partial charge in [-0.25, -0.2) is 4.98 Å². The number of nitrogens with one attached hydrogen (secondary N) is 3. The fraction of sp³-hybridized carbons (Fsp3) is 0.333. The number of aromatic nitrogens is 1. The number of rotatable bonds is 8. The lowest BCUT2D eigenvalue weighted by atomic mass is 10.1. The summed E-state index contributed by atoms with van der Waals surface area (Å²) in [4.78, 5) is 16.9. The molecule has 3 rings (SSSR count). The number of nitrogens with zero attached hydrogens (tertiary/aromatic N) is 1. The number of ether oxygens (including phenoxy) is 1. The van der Waals surface area contributed by atoms with Gasteiger partial charge in [0, 0.05) is 29.5 Å². The normalized spacial score (nSPS) is 12.4. The number of benzene rings is 2. The van der Waals surface area contributed by atoms with E-state index in [1.54, 1.807) is 13.2 Å². The number of oxazole rings is 1. The highest BCUT2D eigenvalue weighted by atomic mass is 16.5. The number of carbonyl (C=O) groups is 1. The molecule has 7 nitrogen and oxygen atoms in total. The molecule has 7 heteroatoms. The number of amides is 1. The van der Waals surface area contributed by atoms with E-state index < -0.39 is 6.04 Å². The minimum Gasteiger partial charge on any atom is -0.436 e. The first-order valence-electron chi connectivity index (χ1n) is 10.3. The van der Waals surface area contributed by atoms with Gasteiger partial charge in [0.2, 0.25) is 11.8 Å². The van der Waals surface area contributed by atoms with Gasteiger partial charge in [0.25, 0.3) is 0 Å². The van der Waals surface area contributed by atoms with Gasteiger partial charge in [-0.05, 0) is 76.3 Å². The Morgan fingerprint density at radius 3 is 2.19 bits per heavy atom. The Kier molecular flexibility index (Phi) is 7.09. The molecule has 1 aromatic heterocycles. The van der Waals surface area contributed by atoms with Crippen LogP contribution in [0.1, 0.15) is 20.8 Å². The SMILES string of the molecule is CNc1ccc(-c2cnc(-c3ccc(NC(=O)C(COC(C)(C)C)NC)cc3)o2)cc1. The molecule has 31 heavy (non-hydrogen) atoms. The Morgan fingerprint density at radius 2 is 1.61 bits per heavy atom. The summed E-state index contributed by atoms with van der Waals surface area (Å²) in [5.74, 6) is 1.07. The van der Waals surface area contributed by atoms with Crippen molar-refractivity contribution in [2.24, 2.45) is 0 Å². The Bertz CT molecular complexity index is 989. The van der Waals surface area contributed by atoms with E-state index in [0.717, 1.165) is 16.8 Å². The molecule has 1 heterocycles. The van der Waals surface area contributed by atoms with E-state index in [2.05, 4.69) is 20.9 Å². The molecule has 0 bridgehead atoms. The zero-order valence-electron chi connectivity index (χ0n) is 18.7. The number of hydrogen-bond acceptors (Lipinski definition) is 6. The van der Waals surface area contributed by atoms with Gasteiger partial charge in [0.05, 0.1) is 18.4 Å². The van der Waals surface area contributed by atoms with E-state index >= 15 is 0 Å². The van der Waals surface area contributed by atoms with Crippen molar-refractivity contribution in [1.82, 2.24) is 10.3 Å². The second-order valence-corrected chi connectivity index (χ2v) is 8.19. The summed E-state index contributed by atoms with van der Waals surface area (Å²) in [5, 5.41) is 9.00. The molecule has 0 aliphatic carbocycles. The van der Waals surface area contributed by atoms with Crippen LogP contribution in [0.5, 0.6) is 0 Å². The first kappa shape index (κ1) is 22.5. The van der Waals surface area contributed by atoms with Crippen molar-refractivity contribution in [1.29, 1.82) is 0 Å². The Balaban J connectivity index is 1.64. The third-order valence-corrected chi connectivity index (χ3v) is 4.71. The molecule has 0 saturated carbocycles. The first-order valence-corrected chi connectivity index (χ1v) is 10.3. The quantitative estimate of drug-likeness (QED) is 0.499. The summed E-state index contributed by atoms with van der Waals surface area (Å²) in [5.41, 5.74) is 3.21. The van der Waals surface area contributed by atoms with Crippen molar-refractivity contribution in [3.63, 3.8) is 0 Å². The molecule has 2 aromatic carbocycles. The second kappa shape index (κ2) is 9.76. The summed E-state index contributed by atoms with van der Waals surface area (Å²) < 4.78 is 11.6. The molecule has 0 fully saturated rings. The van der Waals surface area contributed by atoms with Crippen LogP contribution in [-0.2, 0) is 9.53 Å². The maximum atomic E-state index is 12.5. The van der Waals surface area contributed by atoms with E-state index in [1.165, 1.54) is 0 Å². The standard InChI is InChI=1S/C24H30N4O3/c1-24(2,3)30-15-20(26-5)22(29)28-19-12-8-17(9-13-19)23-27-14-21(31-23)16-6-10-18(25-4)11-7-16/h6-14,20,25-26H,15H2,1-5H3,(H,28,29). The van der Waals surface area contributed by atoms with Gasteiger partial charge >= 0.3 is 0 Å². The molecular formula is C24H30N4O3. The molecule has 164 valence electrons. The Hall–Kier alpha value is -3.16. The Morgan fingerprint density at radius 1 is 1.00 bits per heavy atom. The van der Waals surface area contributed by atoms with Crippen LogP contribution in [-0.4, -0.2) is 43.2 Å². The highest BCUT2D eigenvalue weighted by Gasteiger charge is 2.20. The van der Waals surface area contributed by atoms with Gasteiger partial charge in [-0.3, -0.25) is 4.79 Å². The average molecular weight is 423 g/mol. The van der Waals surface area contributed by atoms with Crippen LogP contribution in [0.15, 0.2) is 59.1 Å². The number of likely N-dealkylation sites (N-methyl/N-ethyl adjacent to an activating group) is 1. The lowest BCUT2D eigenvalue weighted by molar-refractivity contribution is -0.121. The molecule has 0 spiro atoms. The van der Waals surface area contributed by atoms with E-state index in [-0.39, 0.29) is 18.1 Å². The molecule has 0 aliphatic heterocycles. The second-order valence-electron chi connectivity index (χ2n) is 8.19. The summed E-state index contributed by atoms with van der Waals surface area (Å²) >= 11 is 0. The molecule has 1 atom stereocenters. The molecule has 3 N–H and O–H groups in total. The molecule has 1 unspecified atom stereocenters. The summed E-state index contributed by atoms with van der Waals surface area (Å²) in [6.07, 6.45) is 1.71. The molecular weight excluding hydrogens is 392 g/mol. The zero-order valence-corrected chi connectivity index (χ0v) is 18.7. The van der Waals surface area contributed by atoms with Gasteiger partial charge < -0.3 is 25.1 Å². The summed E-state index contributed by atoms with van der Waals surface area (Å²) in [7, 11) is 3.62. The van der Waals surface area contributed by atoms with Gasteiger partial charge in [-0.2, -0.15) is 0 Å². The number of anilines is 2. The zero-order chi connectivity index (χ0) is 22.4. The minimum absolute atomic E-state index is 0.150. The van der Waals surface area contributed by atoms with E-state index in [9.17, 15) is 4.79 Å².